The number of aromatic nitrogens is 1. The van der Waals surface area contributed by atoms with Crippen LogP contribution in [0, 0.1) is 0 Å². The van der Waals surface area contributed by atoms with E-state index in [0.717, 1.165) is 10.2 Å². The number of hydrogen-bond donors (Lipinski definition) is 0. The summed E-state index contributed by atoms with van der Waals surface area (Å²) < 4.78 is 6.10. The van der Waals surface area contributed by atoms with E-state index in [4.69, 9.17) is 4.74 Å². The maximum Gasteiger partial charge on any atom is 0.416 e. The summed E-state index contributed by atoms with van der Waals surface area (Å²) in [5, 5.41) is 0.532. The summed E-state index contributed by atoms with van der Waals surface area (Å²) in [6.45, 7) is 5.19. The molecule has 20 heavy (non-hydrogen) atoms. The van der Waals surface area contributed by atoms with Gasteiger partial charge in [-0.25, -0.2) is 9.78 Å². The van der Waals surface area contributed by atoms with Gasteiger partial charge in [-0.1, -0.05) is 15.9 Å². The molecule has 0 aliphatic heterocycles. The maximum atomic E-state index is 12.1. The molecule has 0 aromatic carbocycles. The van der Waals surface area contributed by atoms with E-state index >= 15 is 0 Å². The number of hydrogen-bond acceptors (Lipinski definition) is 4. The molecule has 0 bridgehead atoms. The summed E-state index contributed by atoms with van der Waals surface area (Å²) in [7, 11) is 0. The molecule has 5 nitrogen and oxygen atoms in total. The largest absolute Gasteiger partial charge is 0.443 e. The van der Waals surface area contributed by atoms with Crippen LogP contribution in [0.25, 0.3) is 0 Å². The van der Waals surface area contributed by atoms with Crippen LogP contribution in [-0.4, -0.2) is 29.5 Å². The van der Waals surface area contributed by atoms with Gasteiger partial charge in [0, 0.05) is 9.80 Å². The van der Waals surface area contributed by atoms with Gasteiger partial charge in [-0.3, -0.25) is 4.90 Å². The lowest BCUT2D eigenvalue weighted by atomic mass is 10.2. The van der Waals surface area contributed by atoms with Crippen LogP contribution in [-0.2, 0) is 14.9 Å². The van der Waals surface area contributed by atoms with E-state index in [1.807, 2.05) is 0 Å². The Labute approximate surface area is 135 Å². The highest BCUT2D eigenvalue weighted by molar-refractivity contribution is 9.10. The average Bonchev–Trinajstić information content (AvgIpc) is 2.34. The van der Waals surface area contributed by atoms with E-state index in [0.29, 0.717) is 17.4 Å². The molecule has 110 valence electrons. The Balaban J connectivity index is 3.07. The first-order valence-corrected chi connectivity index (χ1v) is 7.85. The molecular weight excluding hydrogens is 392 g/mol. The minimum Gasteiger partial charge on any atom is -0.443 e. The van der Waals surface area contributed by atoms with Crippen LogP contribution in [0.2, 0.25) is 0 Å². The zero-order valence-electron chi connectivity index (χ0n) is 11.5. The molecule has 0 N–H and O–H groups in total. The molecule has 1 amide bonds. The third-order valence-corrected chi connectivity index (χ3v) is 3.43. The SMILES string of the molecule is CC(C)(C)OC(=O)N(CC=O)c1ccc(Br)c(CBr)n1. The normalized spacial score (nSPS) is 11.1. The zero-order chi connectivity index (χ0) is 15.3. The standard InChI is InChI=1S/C13H16Br2N2O3/c1-13(2,3)20-12(19)17(6-7-18)11-5-4-9(15)10(8-14)16-11/h4-5,7H,6,8H2,1-3H3. The zero-order valence-corrected chi connectivity index (χ0v) is 14.7. The molecule has 0 aliphatic carbocycles. The number of halogens is 2. The smallest absolute Gasteiger partial charge is 0.416 e. The molecule has 0 fully saturated rings. The minimum atomic E-state index is -0.633. The van der Waals surface area contributed by atoms with E-state index in [-0.39, 0.29) is 6.54 Å². The molecule has 0 saturated carbocycles. The van der Waals surface area contributed by atoms with Gasteiger partial charge in [-0.2, -0.15) is 0 Å². The van der Waals surface area contributed by atoms with Crippen molar-refractivity contribution in [1.82, 2.24) is 4.98 Å². The Morgan fingerprint density at radius 2 is 2.10 bits per heavy atom. The van der Waals surface area contributed by atoms with Crippen LogP contribution in [0.1, 0.15) is 26.5 Å². The van der Waals surface area contributed by atoms with E-state index in [1.54, 1.807) is 32.9 Å². The number of aldehydes is 1. The molecule has 0 unspecified atom stereocenters. The quantitative estimate of drug-likeness (QED) is 0.564. The highest BCUT2D eigenvalue weighted by Crippen LogP contribution is 2.23. The Morgan fingerprint density at radius 3 is 2.60 bits per heavy atom. The summed E-state index contributed by atoms with van der Waals surface area (Å²) in [5.41, 5.74) is 0.105. The number of pyridine rings is 1. The Bertz CT molecular complexity index is 501. The molecule has 0 aliphatic rings. The van der Waals surface area contributed by atoms with Gasteiger partial charge >= 0.3 is 6.09 Å². The Kier molecular flexibility index (Phi) is 6.13. The van der Waals surface area contributed by atoms with Crippen LogP contribution in [0.3, 0.4) is 0 Å². The number of alkyl halides is 1. The maximum absolute atomic E-state index is 12.1. The fourth-order valence-corrected chi connectivity index (χ4v) is 2.53. The number of amides is 1. The highest BCUT2D eigenvalue weighted by atomic mass is 79.9. The summed E-state index contributed by atoms with van der Waals surface area (Å²) in [4.78, 5) is 28.4. The number of nitrogens with zero attached hydrogens (tertiary/aromatic N) is 2. The van der Waals surface area contributed by atoms with Gasteiger partial charge < -0.3 is 9.53 Å². The molecule has 1 heterocycles. The molecule has 0 spiro atoms. The van der Waals surface area contributed by atoms with Gasteiger partial charge in [0.2, 0.25) is 0 Å². The van der Waals surface area contributed by atoms with Gasteiger partial charge in [0.05, 0.1) is 12.2 Å². The van der Waals surface area contributed by atoms with E-state index in [2.05, 4.69) is 36.8 Å². The molecular formula is C13H16Br2N2O3. The molecule has 7 heteroatoms. The topological polar surface area (TPSA) is 59.5 Å². The number of anilines is 1. The van der Waals surface area contributed by atoms with Crippen LogP contribution in [0.4, 0.5) is 10.6 Å². The summed E-state index contributed by atoms with van der Waals surface area (Å²) >= 11 is 6.69. The van der Waals surface area contributed by atoms with Crippen molar-refractivity contribution < 1.29 is 14.3 Å². The number of carbonyl (C=O) groups excluding carboxylic acids is 2. The predicted molar refractivity (Wildman–Crippen MR) is 84.2 cm³/mol. The fourth-order valence-electron chi connectivity index (χ4n) is 1.37. The van der Waals surface area contributed by atoms with E-state index < -0.39 is 11.7 Å². The van der Waals surface area contributed by atoms with E-state index in [9.17, 15) is 9.59 Å². The third kappa shape index (κ3) is 4.86. The lowest BCUT2D eigenvalue weighted by Gasteiger charge is -2.25. The number of ether oxygens (including phenoxy) is 1. The van der Waals surface area contributed by atoms with Crippen LogP contribution < -0.4 is 4.90 Å². The second-order valence-corrected chi connectivity index (χ2v) is 6.40. The Morgan fingerprint density at radius 1 is 1.45 bits per heavy atom. The second kappa shape index (κ2) is 7.17. The molecule has 0 saturated heterocycles. The lowest BCUT2D eigenvalue weighted by molar-refractivity contribution is -0.106. The summed E-state index contributed by atoms with van der Waals surface area (Å²) in [6.07, 6.45) is 0.0431. The van der Waals surface area contributed by atoms with Crippen LogP contribution in [0.15, 0.2) is 16.6 Å². The second-order valence-electron chi connectivity index (χ2n) is 4.99. The molecule has 0 atom stereocenters. The summed E-state index contributed by atoms with van der Waals surface area (Å²) in [6, 6.07) is 3.44. The van der Waals surface area contributed by atoms with Crippen molar-refractivity contribution in [1.29, 1.82) is 0 Å². The minimum absolute atomic E-state index is 0.106. The van der Waals surface area contributed by atoms with Crippen LogP contribution in [0.5, 0.6) is 0 Å². The van der Waals surface area contributed by atoms with Crippen molar-refractivity contribution in [3.63, 3.8) is 0 Å². The van der Waals surface area contributed by atoms with Crippen molar-refractivity contribution in [2.45, 2.75) is 31.7 Å². The monoisotopic (exact) mass is 406 g/mol. The van der Waals surface area contributed by atoms with Crippen molar-refractivity contribution in [3.8, 4) is 0 Å². The van der Waals surface area contributed by atoms with Crippen LogP contribution >= 0.6 is 31.9 Å². The first-order chi connectivity index (χ1) is 9.28. The van der Waals surface area contributed by atoms with Crippen molar-refractivity contribution in [3.05, 3.63) is 22.3 Å². The molecule has 0 radical (unpaired) electrons. The van der Waals surface area contributed by atoms with Crippen molar-refractivity contribution in [2.24, 2.45) is 0 Å². The van der Waals surface area contributed by atoms with E-state index in [1.165, 1.54) is 4.90 Å². The van der Waals surface area contributed by atoms with Gasteiger partial charge in [-0.05, 0) is 48.8 Å². The van der Waals surface area contributed by atoms with Crippen molar-refractivity contribution in [2.75, 3.05) is 11.4 Å². The predicted octanol–water partition coefficient (Wildman–Crippen LogP) is 3.68. The van der Waals surface area contributed by atoms with Gasteiger partial charge in [0.25, 0.3) is 0 Å². The first-order valence-electron chi connectivity index (χ1n) is 5.94. The van der Waals surface area contributed by atoms with Gasteiger partial charge in [0.1, 0.15) is 17.7 Å². The third-order valence-electron chi connectivity index (χ3n) is 2.18. The fraction of sp³-hybridized carbons (Fsp3) is 0.462. The first kappa shape index (κ1) is 17.1. The molecule has 1 aromatic heterocycles. The van der Waals surface area contributed by atoms with Crippen molar-refractivity contribution >= 4 is 50.1 Å². The molecule has 1 rings (SSSR count). The number of carbonyl (C=O) groups is 2. The summed E-state index contributed by atoms with van der Waals surface area (Å²) in [5.74, 6) is 0.379. The van der Waals surface area contributed by atoms with Gasteiger partial charge in [-0.15, -0.1) is 0 Å². The Hall–Kier alpha value is -0.950. The molecule has 1 aromatic rings. The lowest BCUT2D eigenvalue weighted by Crippen LogP contribution is -2.38. The number of rotatable bonds is 4. The average molecular weight is 408 g/mol. The highest BCUT2D eigenvalue weighted by Gasteiger charge is 2.24. The van der Waals surface area contributed by atoms with Gasteiger partial charge in [0.15, 0.2) is 0 Å².